The fourth-order valence-electron chi connectivity index (χ4n) is 2.85. The van der Waals surface area contributed by atoms with Gasteiger partial charge in [0.15, 0.2) is 0 Å². The van der Waals surface area contributed by atoms with Gasteiger partial charge in [0.2, 0.25) is 0 Å². The number of carbonyl (C=O) groups is 1. The fourth-order valence-corrected chi connectivity index (χ4v) is 2.85. The molecule has 0 aliphatic carbocycles. The molecular weight excluding hydrogens is 266 g/mol. The molecule has 1 heterocycles. The van der Waals surface area contributed by atoms with Crippen LogP contribution in [0.15, 0.2) is 0 Å². The quantitative estimate of drug-likeness (QED) is 0.673. The summed E-state index contributed by atoms with van der Waals surface area (Å²) in [6.07, 6.45) is 4.55. The lowest BCUT2D eigenvalue weighted by Gasteiger charge is -2.35. The van der Waals surface area contributed by atoms with Crippen molar-refractivity contribution in [2.75, 3.05) is 26.2 Å². The number of likely N-dealkylation sites (tertiary alicyclic amines) is 1. The van der Waals surface area contributed by atoms with Gasteiger partial charge in [0.05, 0.1) is 5.60 Å². The standard InChI is InChI=1S/C16H33N3O2/c1-5-13(3)16(4,21)12-18-15(20)17-11-14-9-7-8-10-19(14)6-2/h13-14,21H,5-12H2,1-4H3,(H2,17,18,20). The summed E-state index contributed by atoms with van der Waals surface area (Å²) in [6.45, 7) is 11.1. The van der Waals surface area contributed by atoms with Gasteiger partial charge < -0.3 is 15.7 Å². The van der Waals surface area contributed by atoms with E-state index in [1.54, 1.807) is 6.92 Å². The molecule has 21 heavy (non-hydrogen) atoms. The molecule has 5 nitrogen and oxygen atoms in total. The van der Waals surface area contributed by atoms with Crippen LogP contribution in [-0.2, 0) is 0 Å². The third-order valence-corrected chi connectivity index (χ3v) is 4.93. The van der Waals surface area contributed by atoms with Gasteiger partial charge in [-0.25, -0.2) is 4.79 Å². The Kier molecular flexibility index (Phi) is 7.46. The first-order valence-corrected chi connectivity index (χ1v) is 8.38. The number of piperidine rings is 1. The van der Waals surface area contributed by atoms with E-state index < -0.39 is 5.60 Å². The molecule has 1 aliphatic heterocycles. The van der Waals surface area contributed by atoms with Crippen LogP contribution >= 0.6 is 0 Å². The maximum absolute atomic E-state index is 11.9. The van der Waals surface area contributed by atoms with E-state index in [0.29, 0.717) is 12.6 Å². The number of hydrogen-bond donors (Lipinski definition) is 3. The number of urea groups is 1. The number of nitrogens with zero attached hydrogens (tertiary/aromatic N) is 1. The first-order valence-electron chi connectivity index (χ1n) is 8.38. The minimum Gasteiger partial charge on any atom is -0.388 e. The molecule has 0 bridgehead atoms. The van der Waals surface area contributed by atoms with Crippen LogP contribution in [-0.4, -0.2) is 53.9 Å². The Morgan fingerprint density at radius 3 is 2.71 bits per heavy atom. The molecule has 1 aliphatic rings. The summed E-state index contributed by atoms with van der Waals surface area (Å²) in [7, 11) is 0. The van der Waals surface area contributed by atoms with Crippen LogP contribution in [0.2, 0.25) is 0 Å². The molecular formula is C16H33N3O2. The summed E-state index contributed by atoms with van der Waals surface area (Å²) < 4.78 is 0. The Balaban J connectivity index is 2.30. The molecule has 2 amide bonds. The maximum atomic E-state index is 11.9. The Hall–Kier alpha value is -0.810. The van der Waals surface area contributed by atoms with Crippen LogP contribution in [0.4, 0.5) is 4.79 Å². The first kappa shape index (κ1) is 18.2. The van der Waals surface area contributed by atoms with Gasteiger partial charge >= 0.3 is 6.03 Å². The average molecular weight is 299 g/mol. The Bertz CT molecular complexity index is 321. The highest BCUT2D eigenvalue weighted by molar-refractivity contribution is 5.73. The van der Waals surface area contributed by atoms with Crippen LogP contribution in [0.3, 0.4) is 0 Å². The lowest BCUT2D eigenvalue weighted by molar-refractivity contribution is 0.00785. The van der Waals surface area contributed by atoms with Crippen molar-refractivity contribution in [1.29, 1.82) is 0 Å². The first-order chi connectivity index (χ1) is 9.90. The summed E-state index contributed by atoms with van der Waals surface area (Å²) in [5.41, 5.74) is -0.855. The second-order valence-corrected chi connectivity index (χ2v) is 6.51. The van der Waals surface area contributed by atoms with E-state index in [9.17, 15) is 9.90 Å². The van der Waals surface area contributed by atoms with Crippen LogP contribution in [0, 0.1) is 5.92 Å². The molecule has 1 fully saturated rings. The highest BCUT2D eigenvalue weighted by Gasteiger charge is 2.27. The third-order valence-electron chi connectivity index (χ3n) is 4.93. The van der Waals surface area contributed by atoms with Crippen LogP contribution in [0.25, 0.3) is 0 Å². The van der Waals surface area contributed by atoms with Gasteiger partial charge in [-0.05, 0) is 38.8 Å². The minimum absolute atomic E-state index is 0.159. The monoisotopic (exact) mass is 299 g/mol. The highest BCUT2D eigenvalue weighted by atomic mass is 16.3. The van der Waals surface area contributed by atoms with Gasteiger partial charge in [0.25, 0.3) is 0 Å². The second kappa shape index (κ2) is 8.59. The third kappa shape index (κ3) is 5.83. The Morgan fingerprint density at radius 1 is 1.38 bits per heavy atom. The number of amides is 2. The van der Waals surface area contributed by atoms with Crippen molar-refractivity contribution in [3.8, 4) is 0 Å². The molecule has 1 rings (SSSR count). The highest BCUT2D eigenvalue weighted by Crippen LogP contribution is 2.19. The van der Waals surface area contributed by atoms with Gasteiger partial charge in [-0.15, -0.1) is 0 Å². The number of rotatable bonds is 7. The van der Waals surface area contributed by atoms with Crippen LogP contribution in [0.1, 0.15) is 53.4 Å². The topological polar surface area (TPSA) is 64.6 Å². The zero-order valence-corrected chi connectivity index (χ0v) is 14.1. The molecule has 5 heteroatoms. The van der Waals surface area contributed by atoms with E-state index in [4.69, 9.17) is 0 Å². The summed E-state index contributed by atoms with van der Waals surface area (Å²) in [5.74, 6) is 0.159. The van der Waals surface area contributed by atoms with E-state index in [0.717, 1.165) is 25.9 Å². The summed E-state index contributed by atoms with van der Waals surface area (Å²) >= 11 is 0. The summed E-state index contributed by atoms with van der Waals surface area (Å²) in [4.78, 5) is 14.3. The number of hydrogen-bond acceptors (Lipinski definition) is 3. The predicted octanol–water partition coefficient (Wildman–Crippen LogP) is 1.96. The molecule has 3 N–H and O–H groups in total. The SMILES string of the molecule is CCC(C)C(C)(O)CNC(=O)NCC1CCCCN1CC. The summed E-state index contributed by atoms with van der Waals surface area (Å²) in [6, 6.07) is 0.268. The zero-order valence-electron chi connectivity index (χ0n) is 14.1. The molecule has 0 aromatic heterocycles. The number of likely N-dealkylation sites (N-methyl/N-ethyl adjacent to an activating group) is 1. The number of aliphatic hydroxyl groups is 1. The Labute approximate surface area is 129 Å². The van der Waals surface area contributed by atoms with Gasteiger partial charge in [-0.3, -0.25) is 4.90 Å². The molecule has 0 aromatic carbocycles. The molecule has 0 spiro atoms. The Morgan fingerprint density at radius 2 is 2.10 bits per heavy atom. The maximum Gasteiger partial charge on any atom is 0.314 e. The van der Waals surface area contributed by atoms with Crippen molar-refractivity contribution in [2.24, 2.45) is 5.92 Å². The van der Waals surface area contributed by atoms with E-state index >= 15 is 0 Å². The van der Waals surface area contributed by atoms with Crippen LogP contribution in [0.5, 0.6) is 0 Å². The van der Waals surface area contributed by atoms with Gasteiger partial charge in [0, 0.05) is 19.1 Å². The van der Waals surface area contributed by atoms with E-state index in [1.807, 2.05) is 13.8 Å². The largest absolute Gasteiger partial charge is 0.388 e. The smallest absolute Gasteiger partial charge is 0.314 e. The van der Waals surface area contributed by atoms with Crippen molar-refractivity contribution in [1.82, 2.24) is 15.5 Å². The molecule has 0 aromatic rings. The summed E-state index contributed by atoms with van der Waals surface area (Å²) in [5, 5.41) is 16.0. The molecule has 3 unspecified atom stereocenters. The van der Waals surface area contributed by atoms with Crippen molar-refractivity contribution >= 4 is 6.03 Å². The van der Waals surface area contributed by atoms with Crippen molar-refractivity contribution < 1.29 is 9.90 Å². The number of carbonyl (C=O) groups excluding carboxylic acids is 1. The van der Waals surface area contributed by atoms with E-state index in [-0.39, 0.29) is 18.5 Å². The molecule has 3 atom stereocenters. The van der Waals surface area contributed by atoms with Gasteiger partial charge in [-0.1, -0.05) is 33.6 Å². The second-order valence-electron chi connectivity index (χ2n) is 6.51. The molecule has 124 valence electrons. The number of nitrogens with one attached hydrogen (secondary N) is 2. The molecule has 1 saturated heterocycles. The van der Waals surface area contributed by atoms with Gasteiger partial charge in [-0.2, -0.15) is 0 Å². The fraction of sp³-hybridized carbons (Fsp3) is 0.938. The van der Waals surface area contributed by atoms with E-state index in [1.165, 1.54) is 12.8 Å². The zero-order chi connectivity index (χ0) is 15.9. The van der Waals surface area contributed by atoms with Crippen molar-refractivity contribution in [2.45, 2.75) is 65.0 Å². The van der Waals surface area contributed by atoms with Crippen molar-refractivity contribution in [3.63, 3.8) is 0 Å². The van der Waals surface area contributed by atoms with Crippen LogP contribution < -0.4 is 10.6 Å². The average Bonchev–Trinajstić information content (AvgIpc) is 2.50. The molecule has 0 radical (unpaired) electrons. The predicted molar refractivity (Wildman–Crippen MR) is 86.4 cm³/mol. The minimum atomic E-state index is -0.855. The normalized spacial score (nSPS) is 24.1. The molecule has 0 saturated carbocycles. The lowest BCUT2D eigenvalue weighted by Crippen LogP contribution is -2.51. The van der Waals surface area contributed by atoms with Crippen molar-refractivity contribution in [3.05, 3.63) is 0 Å². The lowest BCUT2D eigenvalue weighted by atomic mass is 9.89. The van der Waals surface area contributed by atoms with E-state index in [2.05, 4.69) is 22.5 Å². The van der Waals surface area contributed by atoms with Gasteiger partial charge in [0.1, 0.15) is 0 Å².